The smallest absolute Gasteiger partial charge is 0.356 e. The van der Waals surface area contributed by atoms with Crippen LogP contribution in [0.2, 0.25) is 0 Å². The Labute approximate surface area is 144 Å². The van der Waals surface area contributed by atoms with Gasteiger partial charge in [0, 0.05) is 26.1 Å². The maximum Gasteiger partial charge on any atom is 0.416 e. The Hall–Kier alpha value is -2.05. The highest BCUT2D eigenvalue weighted by Crippen LogP contribution is 2.30. The van der Waals surface area contributed by atoms with Crippen molar-refractivity contribution in [3.05, 3.63) is 35.4 Å². The number of hydrogen-bond acceptors (Lipinski definition) is 2. The van der Waals surface area contributed by atoms with E-state index in [1.807, 2.05) is 0 Å². The molecule has 1 heterocycles. The summed E-state index contributed by atoms with van der Waals surface area (Å²) >= 11 is 0. The second-order valence-electron chi connectivity index (χ2n) is 6.90. The molecule has 1 aliphatic carbocycles. The van der Waals surface area contributed by atoms with E-state index in [9.17, 15) is 22.8 Å². The summed E-state index contributed by atoms with van der Waals surface area (Å²) in [7, 11) is 0. The highest BCUT2D eigenvalue weighted by Gasteiger charge is 2.33. The fraction of sp³-hybridized carbons (Fsp3) is 0.556. The number of amides is 2. The highest BCUT2D eigenvalue weighted by molar-refractivity contribution is 5.83. The van der Waals surface area contributed by atoms with Crippen molar-refractivity contribution < 1.29 is 22.8 Å². The van der Waals surface area contributed by atoms with E-state index in [1.54, 1.807) is 6.07 Å². The molecule has 0 unspecified atom stereocenters. The average molecular weight is 354 g/mol. The lowest BCUT2D eigenvalue weighted by atomic mass is 9.96. The van der Waals surface area contributed by atoms with E-state index in [0.717, 1.165) is 25.0 Å². The topological polar surface area (TPSA) is 49.4 Å². The van der Waals surface area contributed by atoms with Gasteiger partial charge in [0.15, 0.2) is 0 Å². The van der Waals surface area contributed by atoms with Crippen LogP contribution in [0.3, 0.4) is 0 Å². The van der Waals surface area contributed by atoms with E-state index < -0.39 is 11.7 Å². The molecule has 25 heavy (non-hydrogen) atoms. The predicted molar refractivity (Wildman–Crippen MR) is 85.3 cm³/mol. The summed E-state index contributed by atoms with van der Waals surface area (Å²) in [5, 5.41) is 2.92. The number of nitrogens with one attached hydrogen (secondary N) is 1. The molecule has 136 valence electrons. The van der Waals surface area contributed by atoms with E-state index >= 15 is 0 Å². The minimum absolute atomic E-state index is 0.0616. The van der Waals surface area contributed by atoms with Crippen LogP contribution in [-0.4, -0.2) is 29.8 Å². The third-order valence-electron chi connectivity index (χ3n) is 4.76. The molecule has 1 saturated heterocycles. The Kier molecular flexibility index (Phi) is 5.01. The third-order valence-corrected chi connectivity index (χ3v) is 4.76. The number of hydrogen-bond donors (Lipinski definition) is 1. The van der Waals surface area contributed by atoms with Crippen molar-refractivity contribution in [2.24, 2.45) is 11.8 Å². The van der Waals surface area contributed by atoms with Gasteiger partial charge in [-0.15, -0.1) is 0 Å². The van der Waals surface area contributed by atoms with Gasteiger partial charge in [-0.2, -0.15) is 13.2 Å². The zero-order valence-electron chi connectivity index (χ0n) is 13.8. The normalized spacial score (nSPS) is 21.3. The largest absolute Gasteiger partial charge is 0.416 e. The lowest BCUT2D eigenvalue weighted by molar-refractivity contribution is -0.139. The van der Waals surface area contributed by atoms with Gasteiger partial charge >= 0.3 is 6.18 Å². The molecule has 0 aromatic heterocycles. The molecule has 2 aliphatic rings. The second-order valence-corrected chi connectivity index (χ2v) is 6.90. The van der Waals surface area contributed by atoms with E-state index in [0.29, 0.717) is 24.4 Å². The van der Waals surface area contributed by atoms with Crippen molar-refractivity contribution in [3.8, 4) is 0 Å². The SMILES string of the molecule is O=C(NCC1CC1)[C@H]1CCC(=O)N(Cc2cccc(C(F)(F)F)c2)C1. The summed E-state index contributed by atoms with van der Waals surface area (Å²) in [6.07, 6.45) is -1.38. The van der Waals surface area contributed by atoms with Crippen LogP contribution in [0.15, 0.2) is 24.3 Å². The van der Waals surface area contributed by atoms with E-state index in [-0.39, 0.29) is 37.2 Å². The summed E-state index contributed by atoms with van der Waals surface area (Å²) in [4.78, 5) is 25.8. The first kappa shape index (κ1) is 17.8. The van der Waals surface area contributed by atoms with Crippen LogP contribution in [-0.2, 0) is 22.3 Å². The molecule has 0 spiro atoms. The molecule has 1 atom stereocenters. The summed E-state index contributed by atoms with van der Waals surface area (Å²) in [6.45, 7) is 1.03. The Morgan fingerprint density at radius 2 is 2.00 bits per heavy atom. The van der Waals surface area contributed by atoms with Gasteiger partial charge in [0.2, 0.25) is 11.8 Å². The average Bonchev–Trinajstić information content (AvgIpc) is 3.38. The molecule has 0 radical (unpaired) electrons. The van der Waals surface area contributed by atoms with Gasteiger partial charge in [-0.25, -0.2) is 0 Å². The van der Waals surface area contributed by atoms with Crippen LogP contribution in [0.1, 0.15) is 36.8 Å². The Morgan fingerprint density at radius 1 is 1.24 bits per heavy atom. The molecule has 2 amide bonds. The first-order valence-corrected chi connectivity index (χ1v) is 8.54. The molecular formula is C18H21F3N2O2. The van der Waals surface area contributed by atoms with Crippen molar-refractivity contribution in [2.45, 2.75) is 38.4 Å². The molecule has 4 nitrogen and oxygen atoms in total. The van der Waals surface area contributed by atoms with Crippen LogP contribution in [0, 0.1) is 11.8 Å². The van der Waals surface area contributed by atoms with Crippen LogP contribution in [0.25, 0.3) is 0 Å². The lowest BCUT2D eigenvalue weighted by Crippen LogP contribution is -2.45. The number of rotatable bonds is 5. The molecule has 2 fully saturated rings. The number of alkyl halides is 3. The van der Waals surface area contributed by atoms with Gasteiger partial charge in [-0.1, -0.05) is 12.1 Å². The summed E-state index contributed by atoms with van der Waals surface area (Å²) in [5.74, 6) is 0.106. The first-order chi connectivity index (χ1) is 11.8. The quantitative estimate of drug-likeness (QED) is 0.884. The fourth-order valence-electron chi connectivity index (χ4n) is 3.06. The summed E-state index contributed by atoms with van der Waals surface area (Å²) < 4.78 is 38.4. The van der Waals surface area contributed by atoms with Crippen LogP contribution >= 0.6 is 0 Å². The minimum atomic E-state index is -4.41. The Morgan fingerprint density at radius 3 is 2.68 bits per heavy atom. The standard InChI is InChI=1S/C18H21F3N2O2/c19-18(20,21)15-3-1-2-13(8-15)10-23-11-14(6-7-16(23)24)17(25)22-9-12-4-5-12/h1-3,8,12,14H,4-7,9-11H2,(H,22,25)/t14-/m0/s1. The van der Waals surface area contributed by atoms with Crippen LogP contribution < -0.4 is 5.32 Å². The Balaban J connectivity index is 1.62. The van der Waals surface area contributed by atoms with Crippen molar-refractivity contribution in [1.29, 1.82) is 0 Å². The van der Waals surface area contributed by atoms with Gasteiger partial charge in [0.25, 0.3) is 0 Å². The number of carbonyl (C=O) groups is 2. The van der Waals surface area contributed by atoms with E-state index in [2.05, 4.69) is 5.32 Å². The molecular weight excluding hydrogens is 333 g/mol. The van der Waals surface area contributed by atoms with Gasteiger partial charge in [-0.3, -0.25) is 9.59 Å². The zero-order valence-corrected chi connectivity index (χ0v) is 13.8. The van der Waals surface area contributed by atoms with Crippen LogP contribution in [0.4, 0.5) is 13.2 Å². The summed E-state index contributed by atoms with van der Waals surface area (Å²) in [6, 6.07) is 4.98. The Bertz CT molecular complexity index is 656. The fourth-order valence-corrected chi connectivity index (χ4v) is 3.06. The molecule has 3 rings (SSSR count). The monoisotopic (exact) mass is 354 g/mol. The number of likely N-dealkylation sites (tertiary alicyclic amines) is 1. The number of piperidine rings is 1. The lowest BCUT2D eigenvalue weighted by Gasteiger charge is -2.32. The maximum atomic E-state index is 12.8. The number of carbonyl (C=O) groups excluding carboxylic acids is 2. The maximum absolute atomic E-state index is 12.8. The second kappa shape index (κ2) is 7.06. The van der Waals surface area contributed by atoms with Gasteiger partial charge in [0.05, 0.1) is 11.5 Å². The van der Waals surface area contributed by atoms with Gasteiger partial charge in [-0.05, 0) is 42.9 Å². The van der Waals surface area contributed by atoms with E-state index in [4.69, 9.17) is 0 Å². The predicted octanol–water partition coefficient (Wildman–Crippen LogP) is 2.97. The molecule has 7 heteroatoms. The first-order valence-electron chi connectivity index (χ1n) is 8.54. The van der Waals surface area contributed by atoms with Crippen molar-refractivity contribution in [3.63, 3.8) is 0 Å². The third kappa shape index (κ3) is 4.74. The molecule has 1 saturated carbocycles. The van der Waals surface area contributed by atoms with Gasteiger partial charge < -0.3 is 10.2 Å². The molecule has 1 aliphatic heterocycles. The molecule has 0 bridgehead atoms. The van der Waals surface area contributed by atoms with Crippen molar-refractivity contribution in [2.75, 3.05) is 13.1 Å². The zero-order chi connectivity index (χ0) is 18.0. The van der Waals surface area contributed by atoms with Crippen molar-refractivity contribution in [1.82, 2.24) is 10.2 Å². The minimum Gasteiger partial charge on any atom is -0.356 e. The molecule has 1 N–H and O–H groups in total. The van der Waals surface area contributed by atoms with Crippen LogP contribution in [0.5, 0.6) is 0 Å². The highest BCUT2D eigenvalue weighted by atomic mass is 19.4. The number of nitrogens with zero attached hydrogens (tertiary/aromatic N) is 1. The van der Waals surface area contributed by atoms with Gasteiger partial charge in [0.1, 0.15) is 0 Å². The number of halogens is 3. The van der Waals surface area contributed by atoms with E-state index in [1.165, 1.54) is 11.0 Å². The number of benzene rings is 1. The molecule has 1 aromatic carbocycles. The van der Waals surface area contributed by atoms with Crippen molar-refractivity contribution >= 4 is 11.8 Å². The summed E-state index contributed by atoms with van der Waals surface area (Å²) in [5.41, 5.74) is -0.310. The molecule has 1 aromatic rings.